The molecule has 22 heavy (non-hydrogen) atoms. The summed E-state index contributed by atoms with van der Waals surface area (Å²) in [6.07, 6.45) is 2.95. The lowest BCUT2D eigenvalue weighted by atomic mass is 9.97. The molecule has 2 heteroatoms. The predicted molar refractivity (Wildman–Crippen MR) is 91.4 cm³/mol. The molecule has 0 saturated carbocycles. The number of benzene rings is 3. The molecular weight excluding hydrogens is 272 g/mol. The third-order valence-corrected chi connectivity index (χ3v) is 3.77. The van der Waals surface area contributed by atoms with E-state index in [4.69, 9.17) is 9.47 Å². The van der Waals surface area contributed by atoms with Crippen molar-refractivity contribution in [3.8, 4) is 0 Å². The number of hydrogen-bond donors (Lipinski definition) is 0. The van der Waals surface area contributed by atoms with E-state index in [0.29, 0.717) is 13.2 Å². The van der Waals surface area contributed by atoms with Crippen LogP contribution in [0.3, 0.4) is 0 Å². The molecule has 0 unspecified atom stereocenters. The van der Waals surface area contributed by atoms with Gasteiger partial charge in [0.15, 0.2) is 0 Å². The van der Waals surface area contributed by atoms with Crippen LogP contribution in [0.25, 0.3) is 21.5 Å². The van der Waals surface area contributed by atoms with Crippen LogP contribution in [0.15, 0.2) is 74.2 Å². The predicted octanol–water partition coefficient (Wildman–Crippen LogP) is 5.31. The molecule has 0 bridgehead atoms. The van der Waals surface area contributed by atoms with Crippen molar-refractivity contribution in [2.24, 2.45) is 0 Å². The Kier molecular flexibility index (Phi) is 4.10. The highest BCUT2D eigenvalue weighted by molar-refractivity contribution is 6.00. The fraction of sp³-hybridized carbons (Fsp3) is 0.100. The first-order valence-corrected chi connectivity index (χ1v) is 7.22. The molecule has 0 heterocycles. The molecule has 0 amide bonds. The molecule has 110 valence electrons. The first kappa shape index (κ1) is 14.2. The van der Waals surface area contributed by atoms with Crippen molar-refractivity contribution in [2.75, 3.05) is 0 Å². The Morgan fingerprint density at radius 2 is 1.18 bits per heavy atom. The van der Waals surface area contributed by atoms with E-state index in [-0.39, 0.29) is 0 Å². The second kappa shape index (κ2) is 6.35. The molecule has 0 N–H and O–H groups in total. The van der Waals surface area contributed by atoms with Gasteiger partial charge in [0, 0.05) is 0 Å². The van der Waals surface area contributed by atoms with E-state index in [1.165, 1.54) is 34.1 Å². The molecule has 3 rings (SSSR count). The standard InChI is InChI=1S/C20H18O2/c1-3-21-13-17-9-5-7-15-12-20-16(11-19(15)17)8-6-10-18(20)14-22-4-2/h3-12H,1-2,13-14H2. The van der Waals surface area contributed by atoms with Crippen LogP contribution in [0.2, 0.25) is 0 Å². The third kappa shape index (κ3) is 2.68. The average Bonchev–Trinajstić information content (AvgIpc) is 2.56. The average molecular weight is 290 g/mol. The van der Waals surface area contributed by atoms with Gasteiger partial charge in [0.2, 0.25) is 0 Å². The Balaban J connectivity index is 2.17. The molecule has 0 aromatic heterocycles. The molecule has 0 atom stereocenters. The molecule has 0 radical (unpaired) electrons. The van der Waals surface area contributed by atoms with Crippen LogP contribution in [-0.4, -0.2) is 0 Å². The Hall–Kier alpha value is -2.74. The van der Waals surface area contributed by atoms with Crippen molar-refractivity contribution in [3.63, 3.8) is 0 Å². The highest BCUT2D eigenvalue weighted by Gasteiger charge is 2.06. The molecule has 2 nitrogen and oxygen atoms in total. The van der Waals surface area contributed by atoms with Gasteiger partial charge >= 0.3 is 0 Å². The summed E-state index contributed by atoms with van der Waals surface area (Å²) >= 11 is 0. The van der Waals surface area contributed by atoms with E-state index in [1.807, 2.05) is 0 Å². The van der Waals surface area contributed by atoms with Crippen molar-refractivity contribution < 1.29 is 9.47 Å². The highest BCUT2D eigenvalue weighted by atomic mass is 16.5. The lowest BCUT2D eigenvalue weighted by Gasteiger charge is -2.11. The van der Waals surface area contributed by atoms with Gasteiger partial charge in [0.1, 0.15) is 13.2 Å². The molecule has 0 aliphatic rings. The molecule has 3 aromatic rings. The first-order chi connectivity index (χ1) is 10.8. The topological polar surface area (TPSA) is 18.5 Å². The summed E-state index contributed by atoms with van der Waals surface area (Å²) in [6.45, 7) is 8.27. The summed E-state index contributed by atoms with van der Waals surface area (Å²) in [7, 11) is 0. The van der Waals surface area contributed by atoms with E-state index in [2.05, 4.69) is 61.7 Å². The monoisotopic (exact) mass is 290 g/mol. The van der Waals surface area contributed by atoms with Crippen LogP contribution >= 0.6 is 0 Å². The van der Waals surface area contributed by atoms with Crippen molar-refractivity contribution in [3.05, 3.63) is 85.3 Å². The molecule has 0 fully saturated rings. The van der Waals surface area contributed by atoms with Gasteiger partial charge in [0.05, 0.1) is 12.5 Å². The third-order valence-electron chi connectivity index (χ3n) is 3.77. The maximum absolute atomic E-state index is 5.35. The minimum atomic E-state index is 0.533. The maximum Gasteiger partial charge on any atom is 0.113 e. The molecule has 0 saturated heterocycles. The number of ether oxygens (including phenoxy) is 2. The highest BCUT2D eigenvalue weighted by Crippen LogP contribution is 2.28. The lowest BCUT2D eigenvalue weighted by molar-refractivity contribution is 0.239. The fourth-order valence-electron chi connectivity index (χ4n) is 2.73. The maximum atomic E-state index is 5.35. The van der Waals surface area contributed by atoms with Crippen molar-refractivity contribution >= 4 is 21.5 Å². The van der Waals surface area contributed by atoms with Gasteiger partial charge in [-0.25, -0.2) is 0 Å². The molecule has 0 spiro atoms. The normalized spacial score (nSPS) is 10.5. The Bertz CT molecular complexity index is 762. The van der Waals surface area contributed by atoms with Gasteiger partial charge in [-0.3, -0.25) is 0 Å². The summed E-state index contributed by atoms with van der Waals surface area (Å²) < 4.78 is 10.7. The summed E-state index contributed by atoms with van der Waals surface area (Å²) in [4.78, 5) is 0. The zero-order chi connectivity index (χ0) is 15.4. The first-order valence-electron chi connectivity index (χ1n) is 7.22. The summed E-state index contributed by atoms with van der Waals surface area (Å²) in [5.41, 5.74) is 2.32. The Morgan fingerprint density at radius 1 is 0.727 bits per heavy atom. The zero-order valence-electron chi connectivity index (χ0n) is 12.4. The Morgan fingerprint density at radius 3 is 1.59 bits per heavy atom. The zero-order valence-corrected chi connectivity index (χ0v) is 12.4. The number of hydrogen-bond acceptors (Lipinski definition) is 2. The largest absolute Gasteiger partial charge is 0.497 e. The van der Waals surface area contributed by atoms with Gasteiger partial charge in [0.25, 0.3) is 0 Å². The van der Waals surface area contributed by atoms with Gasteiger partial charge < -0.3 is 9.47 Å². The van der Waals surface area contributed by atoms with Crippen LogP contribution in [-0.2, 0) is 22.7 Å². The van der Waals surface area contributed by atoms with Crippen molar-refractivity contribution in [1.82, 2.24) is 0 Å². The minimum Gasteiger partial charge on any atom is -0.497 e. The van der Waals surface area contributed by atoms with Crippen LogP contribution in [0.4, 0.5) is 0 Å². The molecule has 0 aliphatic heterocycles. The van der Waals surface area contributed by atoms with Crippen LogP contribution < -0.4 is 0 Å². The Labute approximate surface area is 130 Å². The summed E-state index contributed by atoms with van der Waals surface area (Å²) in [5.74, 6) is 0. The van der Waals surface area contributed by atoms with Crippen LogP contribution in [0, 0.1) is 0 Å². The van der Waals surface area contributed by atoms with E-state index in [1.54, 1.807) is 0 Å². The smallest absolute Gasteiger partial charge is 0.113 e. The van der Waals surface area contributed by atoms with Crippen molar-refractivity contribution in [1.29, 1.82) is 0 Å². The van der Waals surface area contributed by atoms with Gasteiger partial charge in [-0.2, -0.15) is 0 Å². The second-order valence-corrected chi connectivity index (χ2v) is 5.08. The fourth-order valence-corrected chi connectivity index (χ4v) is 2.73. The second-order valence-electron chi connectivity index (χ2n) is 5.08. The van der Waals surface area contributed by atoms with E-state index in [9.17, 15) is 0 Å². The SMILES string of the molecule is C=COCc1cccc2cc3c(COC=C)cccc3cc12. The van der Waals surface area contributed by atoms with Gasteiger partial charge in [-0.05, 0) is 44.8 Å². The van der Waals surface area contributed by atoms with Crippen LogP contribution in [0.1, 0.15) is 11.1 Å². The summed E-state index contributed by atoms with van der Waals surface area (Å²) in [6, 6.07) is 16.9. The minimum absolute atomic E-state index is 0.533. The van der Waals surface area contributed by atoms with E-state index in [0.717, 1.165) is 11.1 Å². The summed E-state index contributed by atoms with van der Waals surface area (Å²) in [5, 5.41) is 4.81. The van der Waals surface area contributed by atoms with Gasteiger partial charge in [-0.15, -0.1) is 0 Å². The molecule has 3 aromatic carbocycles. The van der Waals surface area contributed by atoms with E-state index >= 15 is 0 Å². The number of fused-ring (bicyclic) bond motifs is 2. The molecular formula is C20H18O2. The lowest BCUT2D eigenvalue weighted by Crippen LogP contribution is -1.91. The quantitative estimate of drug-likeness (QED) is 0.452. The van der Waals surface area contributed by atoms with E-state index < -0.39 is 0 Å². The molecule has 0 aliphatic carbocycles. The van der Waals surface area contributed by atoms with Crippen LogP contribution in [0.5, 0.6) is 0 Å². The number of rotatable bonds is 6. The van der Waals surface area contributed by atoms with Gasteiger partial charge in [-0.1, -0.05) is 49.6 Å². The van der Waals surface area contributed by atoms with Crippen molar-refractivity contribution in [2.45, 2.75) is 13.2 Å².